The summed E-state index contributed by atoms with van der Waals surface area (Å²) in [5, 5.41) is 8.74. The molecule has 0 saturated heterocycles. The Hall–Kier alpha value is -1.90. The average Bonchev–Trinajstić information content (AvgIpc) is 2.39. The maximum atomic E-state index is 11.9. The molecule has 0 aliphatic carbocycles. The zero-order valence-electron chi connectivity index (χ0n) is 9.16. The fourth-order valence-electron chi connectivity index (χ4n) is 1.41. The summed E-state index contributed by atoms with van der Waals surface area (Å²) in [5.74, 6) is -1.19. The van der Waals surface area contributed by atoms with Gasteiger partial charge in [0.15, 0.2) is 0 Å². The van der Waals surface area contributed by atoms with Gasteiger partial charge in [-0.05, 0) is 12.1 Å². The zero-order chi connectivity index (χ0) is 12.3. The number of carboxylic acids is 1. The van der Waals surface area contributed by atoms with Crippen molar-refractivity contribution in [1.29, 1.82) is 0 Å². The molecule has 0 spiro atoms. The van der Waals surface area contributed by atoms with Crippen LogP contribution in [0.15, 0.2) is 42.5 Å². The molecule has 0 aromatic heterocycles. The molecule has 2 aromatic rings. The van der Waals surface area contributed by atoms with Crippen molar-refractivity contribution in [3.63, 3.8) is 0 Å². The number of carboxylic acid groups (broad SMARTS) is 1. The number of carbonyl (C=O) groups is 2. The molecule has 0 aliphatic heterocycles. The van der Waals surface area contributed by atoms with Gasteiger partial charge in [0.2, 0.25) is 0 Å². The first-order valence-corrected chi connectivity index (χ1v) is 4.94. The smallest absolute Gasteiger partial charge is 0.478 e. The summed E-state index contributed by atoms with van der Waals surface area (Å²) in [7, 11) is 0. The van der Waals surface area contributed by atoms with Gasteiger partial charge in [0, 0.05) is 5.78 Å². The molecule has 0 fully saturated rings. The van der Waals surface area contributed by atoms with E-state index in [1.54, 1.807) is 18.2 Å². The van der Waals surface area contributed by atoms with Crippen molar-refractivity contribution in [2.75, 3.05) is 0 Å². The van der Waals surface area contributed by atoms with Gasteiger partial charge in [-0.2, -0.15) is 0 Å². The van der Waals surface area contributed by atoms with Gasteiger partial charge >= 0.3 is 23.0 Å². The predicted octanol–water partition coefficient (Wildman–Crippen LogP) is 2.21. The van der Waals surface area contributed by atoms with Gasteiger partial charge in [-0.25, -0.2) is 28.6 Å². The average molecular weight is 280 g/mol. The number of hydrogen-bond donors (Lipinski definition) is 1. The van der Waals surface area contributed by atoms with Gasteiger partial charge in [-0.1, -0.05) is 17.7 Å². The molecule has 4 heteroatoms. The van der Waals surface area contributed by atoms with E-state index in [1.807, 2.05) is 0 Å². The van der Waals surface area contributed by atoms with Crippen LogP contribution in [0.25, 0.3) is 0 Å². The van der Waals surface area contributed by atoms with Crippen molar-refractivity contribution in [2.45, 2.75) is 0 Å². The topological polar surface area (TPSA) is 54.4 Å². The van der Waals surface area contributed by atoms with Crippen LogP contribution in [0.5, 0.6) is 0 Å². The van der Waals surface area contributed by atoms with E-state index >= 15 is 0 Å². The molecule has 18 heavy (non-hydrogen) atoms. The quantitative estimate of drug-likeness (QED) is 0.533. The number of aromatic carboxylic acids is 1. The number of ketones is 1. The second-order valence-electron chi connectivity index (χ2n) is 3.41. The van der Waals surface area contributed by atoms with Crippen molar-refractivity contribution in [1.82, 2.24) is 0 Å². The van der Waals surface area contributed by atoms with Crippen molar-refractivity contribution < 1.29 is 31.8 Å². The minimum absolute atomic E-state index is 0. The minimum Gasteiger partial charge on any atom is -0.478 e. The van der Waals surface area contributed by atoms with Crippen LogP contribution in [0.4, 0.5) is 0 Å². The van der Waals surface area contributed by atoms with Crippen LogP contribution in [0.1, 0.15) is 26.3 Å². The summed E-state index contributed by atoms with van der Waals surface area (Å²) in [5.41, 5.74) is 1.04. The molecule has 0 aliphatic rings. The fourth-order valence-corrected chi connectivity index (χ4v) is 1.41. The molecule has 3 nitrogen and oxygen atoms in total. The molecule has 1 N–H and O–H groups in total. The Morgan fingerprint density at radius 1 is 1.00 bits per heavy atom. The Morgan fingerprint density at radius 3 is 2.11 bits per heavy atom. The van der Waals surface area contributed by atoms with Gasteiger partial charge in [0.1, 0.15) is 0 Å². The van der Waals surface area contributed by atoms with Crippen LogP contribution < -0.4 is 0 Å². The molecule has 0 heterocycles. The van der Waals surface area contributed by atoms with Crippen molar-refractivity contribution >= 4 is 11.8 Å². The fraction of sp³-hybridized carbons (Fsp3) is 0. The Kier molecular flexibility index (Phi) is 4.84. The largest absolute Gasteiger partial charge is 2.00 e. The Morgan fingerprint density at radius 2 is 1.61 bits per heavy atom. The molecular formula is C14H8FeO3. The van der Waals surface area contributed by atoms with Gasteiger partial charge in [0.05, 0.1) is 5.56 Å². The third-order valence-corrected chi connectivity index (χ3v) is 2.30. The van der Waals surface area contributed by atoms with E-state index in [-0.39, 0.29) is 28.4 Å². The van der Waals surface area contributed by atoms with E-state index in [0.717, 1.165) is 0 Å². The first-order chi connectivity index (χ1) is 8.18. The summed E-state index contributed by atoms with van der Waals surface area (Å²) >= 11 is 0. The van der Waals surface area contributed by atoms with Crippen LogP contribution in [-0.4, -0.2) is 16.9 Å². The third-order valence-electron chi connectivity index (χ3n) is 2.30. The minimum atomic E-state index is -1.01. The number of rotatable bonds is 3. The molecule has 90 valence electrons. The van der Waals surface area contributed by atoms with E-state index in [2.05, 4.69) is 12.1 Å². The summed E-state index contributed by atoms with van der Waals surface area (Å²) < 4.78 is 0. The Bertz CT molecular complexity index is 547. The molecule has 0 radical (unpaired) electrons. The van der Waals surface area contributed by atoms with Gasteiger partial charge in [-0.15, -0.1) is 0 Å². The molecule has 2 aromatic carbocycles. The summed E-state index contributed by atoms with van der Waals surface area (Å²) in [6, 6.07) is 16.2. The molecule has 2 rings (SSSR count). The van der Waals surface area contributed by atoms with Gasteiger partial charge < -0.3 is 9.90 Å². The number of carbonyl (C=O) groups excluding carboxylic acids is 1. The Labute approximate surface area is 115 Å². The van der Waals surface area contributed by atoms with Crippen LogP contribution in [0, 0.1) is 12.1 Å². The SMILES string of the molecule is O=C(O)c1ccc(C(=O)c2[c-]c[c-]cc2)cc1.[Fe+2]. The second kappa shape index (κ2) is 6.15. The first-order valence-electron chi connectivity index (χ1n) is 4.94. The summed E-state index contributed by atoms with van der Waals surface area (Å²) in [6.07, 6.45) is 0. The molecule has 0 atom stereocenters. The second-order valence-corrected chi connectivity index (χ2v) is 3.41. The van der Waals surface area contributed by atoms with E-state index in [1.165, 1.54) is 24.3 Å². The van der Waals surface area contributed by atoms with E-state index in [4.69, 9.17) is 5.11 Å². The molecule has 0 unspecified atom stereocenters. The molecule has 0 bridgehead atoms. The van der Waals surface area contributed by atoms with Crippen LogP contribution in [-0.2, 0) is 17.1 Å². The van der Waals surface area contributed by atoms with Gasteiger partial charge in [0.25, 0.3) is 0 Å². The maximum absolute atomic E-state index is 11.9. The predicted molar refractivity (Wildman–Crippen MR) is 60.9 cm³/mol. The van der Waals surface area contributed by atoms with E-state index < -0.39 is 5.97 Å². The molecular weight excluding hydrogens is 272 g/mol. The van der Waals surface area contributed by atoms with Crippen LogP contribution in [0.2, 0.25) is 0 Å². The van der Waals surface area contributed by atoms with Crippen molar-refractivity contribution in [2.24, 2.45) is 0 Å². The van der Waals surface area contributed by atoms with E-state index in [0.29, 0.717) is 11.1 Å². The van der Waals surface area contributed by atoms with Crippen LogP contribution in [0.3, 0.4) is 0 Å². The number of benzene rings is 2. The monoisotopic (exact) mass is 280 g/mol. The van der Waals surface area contributed by atoms with Crippen molar-refractivity contribution in [3.05, 3.63) is 71.3 Å². The van der Waals surface area contributed by atoms with Crippen LogP contribution >= 0.6 is 0 Å². The number of hydrogen-bond acceptors (Lipinski definition) is 2. The van der Waals surface area contributed by atoms with Gasteiger partial charge in [-0.3, -0.25) is 12.1 Å². The molecule has 0 saturated carbocycles. The van der Waals surface area contributed by atoms with E-state index in [9.17, 15) is 9.59 Å². The van der Waals surface area contributed by atoms with Crippen molar-refractivity contribution in [3.8, 4) is 0 Å². The zero-order valence-corrected chi connectivity index (χ0v) is 10.3. The first kappa shape index (κ1) is 14.2. The molecule has 0 amide bonds. The normalized spacial score (nSPS) is 9.33. The maximum Gasteiger partial charge on any atom is 2.00 e. The standard InChI is InChI=1S/C14H8O3.Fe/c15-13(10-4-2-1-3-5-10)11-6-8-12(9-7-11)14(16)17;/h2-4,6-9H,(H,16,17);/q-2;+2. The third kappa shape index (κ3) is 3.06. The summed E-state index contributed by atoms with van der Waals surface area (Å²) in [4.78, 5) is 22.6. The summed E-state index contributed by atoms with van der Waals surface area (Å²) in [6.45, 7) is 0. The Balaban J connectivity index is 0.00000162.